The predicted octanol–water partition coefficient (Wildman–Crippen LogP) is 5.72. The number of hydrogen-bond acceptors (Lipinski definition) is 5. The molecule has 0 unspecified atom stereocenters. The molecule has 1 aliphatic heterocycles. The van der Waals surface area contributed by atoms with Crippen molar-refractivity contribution in [3.63, 3.8) is 0 Å². The summed E-state index contributed by atoms with van der Waals surface area (Å²) in [7, 11) is -2.03. The van der Waals surface area contributed by atoms with E-state index in [1.807, 2.05) is 19.9 Å². The summed E-state index contributed by atoms with van der Waals surface area (Å²) in [6.07, 6.45) is 3.68. The second-order valence-corrected chi connectivity index (χ2v) is 20.4. The molecule has 7 atom stereocenters. The van der Waals surface area contributed by atoms with E-state index in [1.54, 1.807) is 0 Å². The van der Waals surface area contributed by atoms with Crippen LogP contribution in [0.15, 0.2) is 42.0 Å². The molecule has 0 aromatic heterocycles. The summed E-state index contributed by atoms with van der Waals surface area (Å²) in [4.78, 5) is 26.9. The molecule has 38 heavy (non-hydrogen) atoms. The van der Waals surface area contributed by atoms with Crippen LogP contribution in [-0.4, -0.2) is 58.9 Å². The molecule has 0 radical (unpaired) electrons. The van der Waals surface area contributed by atoms with Crippen molar-refractivity contribution in [3.05, 3.63) is 42.0 Å². The zero-order valence-electron chi connectivity index (χ0n) is 24.6. The first-order valence-electron chi connectivity index (χ1n) is 14.0. The van der Waals surface area contributed by atoms with E-state index in [0.29, 0.717) is 15.0 Å². The van der Waals surface area contributed by atoms with Crippen LogP contribution in [0.4, 0.5) is 0 Å². The molecule has 7 heteroatoms. The molecular weight excluding hydrogens is 559 g/mol. The molecule has 3 aliphatic rings. The fourth-order valence-corrected chi connectivity index (χ4v) is 10.8. The molecule has 3 fully saturated rings. The van der Waals surface area contributed by atoms with Gasteiger partial charge < -0.3 is 0 Å². The molecule has 210 valence electrons. The summed E-state index contributed by atoms with van der Waals surface area (Å²) < 4.78 is 21.2. The van der Waals surface area contributed by atoms with Crippen molar-refractivity contribution in [1.29, 1.82) is 0 Å². The van der Waals surface area contributed by atoms with Gasteiger partial charge in [-0.2, -0.15) is 0 Å². The van der Waals surface area contributed by atoms with Gasteiger partial charge in [-0.25, -0.2) is 0 Å². The summed E-state index contributed by atoms with van der Waals surface area (Å²) in [5.74, 6) is -0.496. The van der Waals surface area contributed by atoms with E-state index in [4.69, 9.17) is 13.9 Å². The maximum absolute atomic E-state index is 14.4. The molecule has 1 saturated heterocycles. The van der Waals surface area contributed by atoms with Crippen molar-refractivity contribution in [2.24, 2.45) is 22.7 Å². The van der Waals surface area contributed by atoms with E-state index in [9.17, 15) is 9.59 Å². The Kier molecular flexibility index (Phi) is 8.31. The van der Waals surface area contributed by atoms with E-state index in [2.05, 4.69) is 70.8 Å². The van der Waals surface area contributed by atoms with Crippen molar-refractivity contribution < 1.29 is 23.5 Å². The Bertz CT molecular complexity index is 1080. The SMILES string of the molecule is CC(=O)O[C@H]1[C@@H](O[Si](C)(C)C)[C@H]2C(C)(C)CCC[C@]2(C)[C@@H]2C(=O)[C@@H](/C(C)=C/C[Se]c3ccccc3)O[C@]12C. The number of benzene rings is 1. The molecule has 2 aliphatic carbocycles. The topological polar surface area (TPSA) is 61.8 Å². The molecule has 0 bridgehead atoms. The summed E-state index contributed by atoms with van der Waals surface area (Å²) in [5.41, 5.74) is -0.352. The van der Waals surface area contributed by atoms with Gasteiger partial charge in [0.2, 0.25) is 0 Å². The van der Waals surface area contributed by atoms with E-state index in [-0.39, 0.29) is 40.5 Å². The average Bonchev–Trinajstić information content (AvgIpc) is 3.07. The van der Waals surface area contributed by atoms with Crippen molar-refractivity contribution in [2.75, 3.05) is 0 Å². The number of rotatable bonds is 7. The minimum atomic E-state index is -2.03. The Hall–Kier alpha value is -1.24. The van der Waals surface area contributed by atoms with Crippen LogP contribution >= 0.6 is 0 Å². The second kappa shape index (κ2) is 10.6. The Morgan fingerprint density at radius 2 is 1.76 bits per heavy atom. The van der Waals surface area contributed by atoms with E-state index in [1.165, 1.54) is 11.4 Å². The first-order valence-corrected chi connectivity index (χ1v) is 19.5. The Morgan fingerprint density at radius 3 is 2.37 bits per heavy atom. The van der Waals surface area contributed by atoms with Crippen LogP contribution in [0.2, 0.25) is 25.0 Å². The number of hydrogen-bond donors (Lipinski definition) is 0. The molecule has 1 aromatic carbocycles. The average molecular weight is 606 g/mol. The molecule has 2 saturated carbocycles. The van der Waals surface area contributed by atoms with Gasteiger partial charge in [0.1, 0.15) is 0 Å². The quantitative estimate of drug-likeness (QED) is 0.226. The molecule has 0 spiro atoms. The van der Waals surface area contributed by atoms with Crippen LogP contribution < -0.4 is 4.46 Å². The maximum atomic E-state index is 14.4. The Labute approximate surface area is 236 Å². The number of carbonyl (C=O) groups is 2. The van der Waals surface area contributed by atoms with Crippen LogP contribution in [0.1, 0.15) is 60.8 Å². The van der Waals surface area contributed by atoms with Crippen molar-refractivity contribution in [2.45, 2.75) is 110 Å². The number of allylic oxidation sites excluding steroid dienone is 1. The third kappa shape index (κ3) is 5.51. The fraction of sp³-hybridized carbons (Fsp3) is 0.677. The standard InChI is InChI=1S/C31H46O5SeSi/c1-20(16-19-37-22-14-11-10-12-15-22)24-23(33)26-30(5)18-13-17-29(3,4)27(30)25(36-38(7,8)9)28(34-21(2)32)31(26,6)35-24/h10-12,14-16,24-28H,13,17-19H2,1-9H3/b20-16+/t24-,25+,26+,27+,28+,30-,31+/m1/s1. The van der Waals surface area contributed by atoms with Crippen LogP contribution in [0.25, 0.3) is 0 Å². The monoisotopic (exact) mass is 606 g/mol. The van der Waals surface area contributed by atoms with Crippen molar-refractivity contribution in [3.8, 4) is 0 Å². The Morgan fingerprint density at radius 1 is 1.11 bits per heavy atom. The van der Waals surface area contributed by atoms with E-state index in [0.717, 1.165) is 30.2 Å². The van der Waals surface area contributed by atoms with Gasteiger partial charge in [0.25, 0.3) is 0 Å². The summed E-state index contributed by atoms with van der Waals surface area (Å²) >= 11 is 0.294. The van der Waals surface area contributed by atoms with Gasteiger partial charge in [-0.3, -0.25) is 0 Å². The van der Waals surface area contributed by atoms with E-state index < -0.39 is 26.1 Å². The molecule has 5 nitrogen and oxygen atoms in total. The van der Waals surface area contributed by atoms with Crippen molar-refractivity contribution >= 4 is 39.5 Å². The zero-order valence-corrected chi connectivity index (χ0v) is 27.3. The second-order valence-electron chi connectivity index (χ2n) is 13.6. The van der Waals surface area contributed by atoms with Gasteiger partial charge in [-0.1, -0.05) is 0 Å². The zero-order chi connectivity index (χ0) is 28.1. The first kappa shape index (κ1) is 29.7. The van der Waals surface area contributed by atoms with Gasteiger partial charge >= 0.3 is 237 Å². The number of ketones is 1. The van der Waals surface area contributed by atoms with Gasteiger partial charge in [-0.15, -0.1) is 0 Å². The third-order valence-electron chi connectivity index (χ3n) is 9.02. The normalized spacial score (nSPS) is 36.9. The van der Waals surface area contributed by atoms with E-state index >= 15 is 0 Å². The molecule has 1 heterocycles. The number of ether oxygens (including phenoxy) is 2. The van der Waals surface area contributed by atoms with Crippen molar-refractivity contribution in [1.82, 2.24) is 0 Å². The first-order chi connectivity index (χ1) is 17.6. The molecule has 0 amide bonds. The summed E-state index contributed by atoms with van der Waals surface area (Å²) in [6.45, 7) is 18.9. The predicted molar refractivity (Wildman–Crippen MR) is 155 cm³/mol. The number of carbonyl (C=O) groups excluding carboxylic acids is 2. The van der Waals surface area contributed by atoms with Gasteiger partial charge in [-0.05, 0) is 0 Å². The van der Waals surface area contributed by atoms with Crippen LogP contribution in [0.5, 0.6) is 0 Å². The molecular formula is C31H46O5SeSi. The fourth-order valence-electron chi connectivity index (χ4n) is 7.91. The number of fused-ring (bicyclic) bond motifs is 3. The van der Waals surface area contributed by atoms with Crippen LogP contribution in [0.3, 0.4) is 0 Å². The molecule has 4 rings (SSSR count). The number of esters is 1. The van der Waals surface area contributed by atoms with Crippen LogP contribution in [-0.2, 0) is 23.5 Å². The van der Waals surface area contributed by atoms with Gasteiger partial charge in [0, 0.05) is 0 Å². The van der Waals surface area contributed by atoms with Gasteiger partial charge in [0.15, 0.2) is 0 Å². The molecule has 1 aromatic rings. The Balaban J connectivity index is 1.75. The third-order valence-corrected chi connectivity index (χ3v) is 12.0. The number of Topliss-reactive ketones (excluding diaryl/α,β-unsaturated/α-hetero) is 1. The summed E-state index contributed by atoms with van der Waals surface area (Å²) in [5, 5.41) is 0.902. The van der Waals surface area contributed by atoms with Gasteiger partial charge in [0.05, 0.1) is 0 Å². The van der Waals surface area contributed by atoms with Crippen LogP contribution in [0, 0.1) is 22.7 Å². The minimum absolute atomic E-state index is 0.0570. The molecule has 0 N–H and O–H groups in total. The summed E-state index contributed by atoms with van der Waals surface area (Å²) in [6, 6.07) is 10.5.